The summed E-state index contributed by atoms with van der Waals surface area (Å²) in [5.41, 5.74) is 3.96. The molecule has 0 saturated carbocycles. The Morgan fingerprint density at radius 3 is 3.16 bits per heavy atom. The van der Waals surface area contributed by atoms with E-state index in [4.69, 9.17) is 0 Å². The molecular weight excluding hydrogens is 330 g/mol. The predicted molar refractivity (Wildman–Crippen MR) is 103 cm³/mol. The summed E-state index contributed by atoms with van der Waals surface area (Å²) >= 11 is 1.79. The number of aromatic amines is 1. The number of thiophene rings is 1. The van der Waals surface area contributed by atoms with Gasteiger partial charge in [-0.3, -0.25) is 0 Å². The van der Waals surface area contributed by atoms with E-state index in [1.54, 1.807) is 17.7 Å². The lowest BCUT2D eigenvalue weighted by atomic mass is 10.1. The Bertz CT molecular complexity index is 1050. The molecule has 25 heavy (non-hydrogen) atoms. The first-order valence-electron chi connectivity index (χ1n) is 8.65. The van der Waals surface area contributed by atoms with E-state index < -0.39 is 0 Å². The van der Waals surface area contributed by atoms with Crippen molar-refractivity contribution in [1.82, 2.24) is 20.3 Å². The number of H-pyrrole nitrogens is 1. The fourth-order valence-corrected chi connectivity index (χ4v) is 4.80. The van der Waals surface area contributed by atoms with Crippen molar-refractivity contribution in [1.29, 1.82) is 0 Å². The summed E-state index contributed by atoms with van der Waals surface area (Å²) < 4.78 is 0. The summed E-state index contributed by atoms with van der Waals surface area (Å²) in [5.74, 6) is 0.976. The molecule has 5 rings (SSSR count). The molecule has 0 spiro atoms. The Hall–Kier alpha value is -2.44. The van der Waals surface area contributed by atoms with Gasteiger partial charge in [0.1, 0.15) is 17.0 Å². The van der Waals surface area contributed by atoms with Crippen LogP contribution in [0.3, 0.4) is 0 Å². The number of benzene rings is 1. The number of hydrogen-bond acceptors (Lipinski definition) is 5. The zero-order valence-corrected chi connectivity index (χ0v) is 14.6. The highest BCUT2D eigenvalue weighted by Gasteiger charge is 2.19. The molecular formula is C19H19N5S. The van der Waals surface area contributed by atoms with E-state index in [1.807, 2.05) is 0 Å². The molecule has 0 amide bonds. The maximum absolute atomic E-state index is 4.52. The van der Waals surface area contributed by atoms with Crippen LogP contribution < -0.4 is 10.6 Å². The van der Waals surface area contributed by atoms with Crippen molar-refractivity contribution < 1.29 is 0 Å². The van der Waals surface area contributed by atoms with Crippen LogP contribution in [-0.2, 0) is 19.4 Å². The third-order valence-electron chi connectivity index (χ3n) is 4.87. The Morgan fingerprint density at radius 2 is 2.16 bits per heavy atom. The molecule has 3 aromatic heterocycles. The number of rotatable bonds is 4. The fourth-order valence-electron chi connectivity index (χ4n) is 3.65. The van der Waals surface area contributed by atoms with Crippen molar-refractivity contribution in [2.75, 3.05) is 18.4 Å². The Kier molecular flexibility index (Phi) is 3.64. The van der Waals surface area contributed by atoms with Crippen molar-refractivity contribution in [2.45, 2.75) is 19.4 Å². The zero-order valence-electron chi connectivity index (χ0n) is 13.8. The molecule has 0 fully saturated rings. The largest absolute Gasteiger partial charge is 0.369 e. The van der Waals surface area contributed by atoms with Crippen molar-refractivity contribution >= 4 is 38.3 Å². The van der Waals surface area contributed by atoms with Gasteiger partial charge >= 0.3 is 0 Å². The number of para-hydroxylation sites is 1. The molecule has 4 heterocycles. The lowest BCUT2D eigenvalue weighted by molar-refractivity contribution is 0.657. The van der Waals surface area contributed by atoms with Gasteiger partial charge in [-0.25, -0.2) is 9.97 Å². The average molecular weight is 349 g/mol. The first-order chi connectivity index (χ1) is 12.4. The van der Waals surface area contributed by atoms with Gasteiger partial charge in [-0.05, 0) is 36.6 Å². The van der Waals surface area contributed by atoms with E-state index in [-0.39, 0.29) is 0 Å². The molecule has 1 aliphatic heterocycles. The molecule has 0 atom stereocenters. The summed E-state index contributed by atoms with van der Waals surface area (Å²) in [6, 6.07) is 8.44. The third kappa shape index (κ3) is 2.58. The molecule has 6 heteroatoms. The Balaban J connectivity index is 1.40. The lowest BCUT2D eigenvalue weighted by Crippen LogP contribution is -2.22. The maximum atomic E-state index is 4.52. The van der Waals surface area contributed by atoms with Gasteiger partial charge in [0.05, 0.1) is 5.39 Å². The minimum atomic E-state index is 0.858. The first kappa shape index (κ1) is 14.9. The summed E-state index contributed by atoms with van der Waals surface area (Å²) in [4.78, 5) is 14.8. The molecule has 0 bridgehead atoms. The SMILES string of the molecule is c1ccc2c(CCNc3ncnc4sc5c(c34)CCNC5)c[nH]c2c1. The van der Waals surface area contributed by atoms with Crippen LogP contribution in [0.5, 0.6) is 0 Å². The van der Waals surface area contributed by atoms with Gasteiger partial charge in [-0.1, -0.05) is 18.2 Å². The molecule has 0 aliphatic carbocycles. The van der Waals surface area contributed by atoms with Crippen molar-refractivity contribution in [3.8, 4) is 0 Å². The second-order valence-corrected chi connectivity index (χ2v) is 7.45. The van der Waals surface area contributed by atoms with Gasteiger partial charge in [0.2, 0.25) is 0 Å². The van der Waals surface area contributed by atoms with E-state index in [9.17, 15) is 0 Å². The van der Waals surface area contributed by atoms with Crippen LogP contribution in [0.25, 0.3) is 21.1 Å². The highest BCUT2D eigenvalue weighted by molar-refractivity contribution is 7.18. The normalized spacial score (nSPS) is 14.1. The summed E-state index contributed by atoms with van der Waals surface area (Å²) in [5, 5.41) is 9.51. The van der Waals surface area contributed by atoms with E-state index >= 15 is 0 Å². The quantitative estimate of drug-likeness (QED) is 0.528. The average Bonchev–Trinajstić information content (AvgIpc) is 3.23. The van der Waals surface area contributed by atoms with Crippen LogP contribution in [-0.4, -0.2) is 28.0 Å². The van der Waals surface area contributed by atoms with Crippen LogP contribution >= 0.6 is 11.3 Å². The minimum Gasteiger partial charge on any atom is -0.369 e. The van der Waals surface area contributed by atoms with Crippen LogP contribution in [0.1, 0.15) is 16.0 Å². The zero-order chi connectivity index (χ0) is 16.6. The molecule has 0 saturated heterocycles. The molecule has 3 N–H and O–H groups in total. The number of hydrogen-bond donors (Lipinski definition) is 3. The van der Waals surface area contributed by atoms with Gasteiger partial charge < -0.3 is 15.6 Å². The number of anilines is 1. The van der Waals surface area contributed by atoms with E-state index in [0.29, 0.717) is 0 Å². The summed E-state index contributed by atoms with van der Waals surface area (Å²) in [6.45, 7) is 2.84. The third-order valence-corrected chi connectivity index (χ3v) is 6.01. The van der Waals surface area contributed by atoms with E-state index in [1.165, 1.54) is 32.3 Å². The molecule has 4 aromatic rings. The molecule has 5 nitrogen and oxygen atoms in total. The van der Waals surface area contributed by atoms with Crippen molar-refractivity contribution in [2.24, 2.45) is 0 Å². The fraction of sp³-hybridized carbons (Fsp3) is 0.263. The summed E-state index contributed by atoms with van der Waals surface area (Å²) in [7, 11) is 0. The Labute approximate surface area is 149 Å². The standard InChI is InChI=1S/C19H19N5S/c1-2-4-15-13(3-1)12(9-22-15)5-8-21-18-17-14-6-7-20-10-16(14)25-19(17)24-11-23-18/h1-4,9,11,20,22H,5-8,10H2,(H,21,23,24). The van der Waals surface area contributed by atoms with Gasteiger partial charge in [0, 0.05) is 35.1 Å². The Morgan fingerprint density at radius 1 is 1.20 bits per heavy atom. The molecule has 0 radical (unpaired) electrons. The van der Waals surface area contributed by atoms with Gasteiger partial charge in [0.25, 0.3) is 0 Å². The van der Waals surface area contributed by atoms with Crippen LogP contribution in [0.2, 0.25) is 0 Å². The highest BCUT2D eigenvalue weighted by atomic mass is 32.1. The highest BCUT2D eigenvalue weighted by Crippen LogP contribution is 2.35. The van der Waals surface area contributed by atoms with Crippen LogP contribution in [0.15, 0.2) is 36.8 Å². The number of aromatic nitrogens is 3. The second kappa shape index (κ2) is 6.13. The van der Waals surface area contributed by atoms with Crippen LogP contribution in [0, 0.1) is 0 Å². The summed E-state index contributed by atoms with van der Waals surface area (Å²) in [6.07, 6.45) is 5.80. The molecule has 0 unspecified atom stereocenters. The van der Waals surface area contributed by atoms with Crippen molar-refractivity contribution in [3.63, 3.8) is 0 Å². The van der Waals surface area contributed by atoms with E-state index in [0.717, 1.165) is 43.1 Å². The van der Waals surface area contributed by atoms with Crippen LogP contribution in [0.4, 0.5) is 5.82 Å². The minimum absolute atomic E-state index is 0.858. The number of nitrogens with zero attached hydrogens (tertiary/aromatic N) is 2. The van der Waals surface area contributed by atoms with Crippen molar-refractivity contribution in [3.05, 3.63) is 52.8 Å². The van der Waals surface area contributed by atoms with Gasteiger partial charge in [-0.2, -0.15) is 0 Å². The topological polar surface area (TPSA) is 65.6 Å². The maximum Gasteiger partial charge on any atom is 0.138 e. The monoisotopic (exact) mass is 349 g/mol. The molecule has 126 valence electrons. The first-order valence-corrected chi connectivity index (χ1v) is 9.46. The smallest absolute Gasteiger partial charge is 0.138 e. The predicted octanol–water partition coefficient (Wildman–Crippen LogP) is 3.47. The molecule has 1 aromatic carbocycles. The van der Waals surface area contributed by atoms with E-state index in [2.05, 4.69) is 56.0 Å². The molecule has 1 aliphatic rings. The second-order valence-electron chi connectivity index (χ2n) is 6.37. The number of fused-ring (bicyclic) bond motifs is 4. The van der Waals surface area contributed by atoms with Gasteiger partial charge in [-0.15, -0.1) is 11.3 Å². The number of nitrogens with one attached hydrogen (secondary N) is 3. The van der Waals surface area contributed by atoms with Gasteiger partial charge in [0.15, 0.2) is 0 Å². The lowest BCUT2D eigenvalue weighted by Gasteiger charge is -2.13.